The van der Waals surface area contributed by atoms with Crippen molar-refractivity contribution in [1.82, 2.24) is 20.3 Å². The van der Waals surface area contributed by atoms with Gasteiger partial charge in [0.05, 0.1) is 18.5 Å². The van der Waals surface area contributed by atoms with Crippen LogP contribution >= 0.6 is 0 Å². The van der Waals surface area contributed by atoms with E-state index in [0.717, 1.165) is 30.6 Å². The zero-order valence-corrected chi connectivity index (χ0v) is 15.7. The lowest BCUT2D eigenvalue weighted by atomic mass is 9.88. The number of carbonyl (C=O) groups is 2. The standard InChI is InChI=1S/C19H21N5O4/c1-11-5-6-15-13(8-11)16(23-28-15)19(26)21-14-10-24(2)22-17(14)18(25)20-9-12-4-3-7-27-12/h3-4,7,10-11H,5-6,8-9H2,1-2H3,(H,20,25)(H,21,26). The fourth-order valence-corrected chi connectivity index (χ4v) is 3.35. The van der Waals surface area contributed by atoms with Gasteiger partial charge in [0.25, 0.3) is 11.8 Å². The molecule has 1 atom stereocenters. The second-order valence-corrected chi connectivity index (χ2v) is 7.06. The summed E-state index contributed by atoms with van der Waals surface area (Å²) < 4.78 is 12.0. The van der Waals surface area contributed by atoms with Gasteiger partial charge in [0.15, 0.2) is 11.4 Å². The summed E-state index contributed by atoms with van der Waals surface area (Å²) in [4.78, 5) is 25.3. The van der Waals surface area contributed by atoms with Crippen molar-refractivity contribution < 1.29 is 18.5 Å². The molecule has 0 spiro atoms. The topological polar surface area (TPSA) is 115 Å². The molecule has 3 aromatic heterocycles. The molecule has 28 heavy (non-hydrogen) atoms. The van der Waals surface area contributed by atoms with Crippen LogP contribution in [-0.2, 0) is 26.4 Å². The number of aryl methyl sites for hydroxylation is 2. The smallest absolute Gasteiger partial charge is 0.278 e. The number of hydrogen-bond donors (Lipinski definition) is 2. The molecular weight excluding hydrogens is 362 g/mol. The maximum atomic E-state index is 12.8. The van der Waals surface area contributed by atoms with E-state index in [1.165, 1.54) is 10.9 Å². The number of furan rings is 1. The minimum absolute atomic E-state index is 0.119. The highest BCUT2D eigenvalue weighted by Crippen LogP contribution is 2.28. The summed E-state index contributed by atoms with van der Waals surface area (Å²) in [7, 11) is 1.68. The van der Waals surface area contributed by atoms with Gasteiger partial charge in [-0.05, 0) is 30.9 Å². The van der Waals surface area contributed by atoms with Gasteiger partial charge in [-0.15, -0.1) is 0 Å². The molecule has 3 aromatic rings. The van der Waals surface area contributed by atoms with Crippen molar-refractivity contribution in [2.24, 2.45) is 13.0 Å². The molecule has 0 radical (unpaired) electrons. The monoisotopic (exact) mass is 383 g/mol. The predicted octanol–water partition coefficient (Wildman–Crippen LogP) is 2.31. The first-order valence-corrected chi connectivity index (χ1v) is 9.14. The Labute approximate surface area is 161 Å². The molecule has 2 N–H and O–H groups in total. The molecule has 9 heteroatoms. The maximum absolute atomic E-state index is 12.8. The van der Waals surface area contributed by atoms with Crippen molar-refractivity contribution in [3.05, 3.63) is 53.1 Å². The van der Waals surface area contributed by atoms with Crippen LogP contribution in [0, 0.1) is 5.92 Å². The van der Waals surface area contributed by atoms with Crippen LogP contribution in [0.15, 0.2) is 33.5 Å². The molecule has 0 aliphatic heterocycles. The van der Waals surface area contributed by atoms with Crippen LogP contribution in [-0.4, -0.2) is 26.8 Å². The van der Waals surface area contributed by atoms with Gasteiger partial charge in [-0.2, -0.15) is 5.10 Å². The molecule has 0 fully saturated rings. The lowest BCUT2D eigenvalue weighted by Crippen LogP contribution is -2.25. The van der Waals surface area contributed by atoms with Gasteiger partial charge >= 0.3 is 0 Å². The zero-order chi connectivity index (χ0) is 19.7. The second-order valence-electron chi connectivity index (χ2n) is 7.06. The largest absolute Gasteiger partial charge is 0.467 e. The molecule has 146 valence electrons. The first-order chi connectivity index (χ1) is 13.5. The number of fused-ring (bicyclic) bond motifs is 1. The Balaban J connectivity index is 1.50. The fourth-order valence-electron chi connectivity index (χ4n) is 3.35. The van der Waals surface area contributed by atoms with E-state index in [0.29, 0.717) is 17.4 Å². The zero-order valence-electron chi connectivity index (χ0n) is 15.7. The third-order valence-corrected chi connectivity index (χ3v) is 4.80. The summed E-state index contributed by atoms with van der Waals surface area (Å²) >= 11 is 0. The van der Waals surface area contributed by atoms with E-state index in [1.54, 1.807) is 25.4 Å². The van der Waals surface area contributed by atoms with Gasteiger partial charge in [-0.3, -0.25) is 14.3 Å². The quantitative estimate of drug-likeness (QED) is 0.699. The Kier molecular flexibility index (Phi) is 4.72. The first kappa shape index (κ1) is 18.0. The van der Waals surface area contributed by atoms with Crippen LogP contribution in [0.1, 0.15) is 51.4 Å². The summed E-state index contributed by atoms with van der Waals surface area (Å²) in [5.41, 5.74) is 1.55. The number of aromatic nitrogens is 3. The first-order valence-electron chi connectivity index (χ1n) is 9.14. The van der Waals surface area contributed by atoms with E-state index in [-0.39, 0.29) is 17.9 Å². The molecule has 1 aliphatic carbocycles. The van der Waals surface area contributed by atoms with E-state index >= 15 is 0 Å². The van der Waals surface area contributed by atoms with Crippen LogP contribution < -0.4 is 10.6 Å². The maximum Gasteiger partial charge on any atom is 0.278 e. The van der Waals surface area contributed by atoms with Gasteiger partial charge in [0.1, 0.15) is 11.5 Å². The average molecular weight is 383 g/mol. The number of amides is 2. The molecule has 4 rings (SSSR count). The summed E-state index contributed by atoms with van der Waals surface area (Å²) in [5.74, 6) is 1.04. The number of nitrogens with zero attached hydrogens (tertiary/aromatic N) is 3. The number of carbonyl (C=O) groups excluding carboxylic acids is 2. The molecule has 0 saturated carbocycles. The summed E-state index contributed by atoms with van der Waals surface area (Å²) in [5, 5.41) is 13.6. The van der Waals surface area contributed by atoms with Crippen molar-refractivity contribution in [3.8, 4) is 0 Å². The van der Waals surface area contributed by atoms with Crippen LogP contribution in [0.2, 0.25) is 0 Å². The highest BCUT2D eigenvalue weighted by atomic mass is 16.5. The average Bonchev–Trinajstić information content (AvgIpc) is 3.39. The molecule has 3 heterocycles. The lowest BCUT2D eigenvalue weighted by molar-refractivity contribution is 0.0943. The van der Waals surface area contributed by atoms with Gasteiger partial charge < -0.3 is 19.6 Å². The summed E-state index contributed by atoms with van der Waals surface area (Å²) in [6.07, 6.45) is 5.67. The number of nitrogens with one attached hydrogen (secondary N) is 2. The molecule has 2 amide bonds. The predicted molar refractivity (Wildman–Crippen MR) is 98.7 cm³/mol. The van der Waals surface area contributed by atoms with Crippen LogP contribution in [0.4, 0.5) is 5.69 Å². The van der Waals surface area contributed by atoms with E-state index in [9.17, 15) is 9.59 Å². The minimum atomic E-state index is -0.414. The van der Waals surface area contributed by atoms with Gasteiger partial charge in [0, 0.05) is 25.2 Å². The Morgan fingerprint density at radius 2 is 2.18 bits per heavy atom. The fraction of sp³-hybridized carbons (Fsp3) is 0.368. The Bertz CT molecular complexity index is 1000. The van der Waals surface area contributed by atoms with Gasteiger partial charge in [0.2, 0.25) is 0 Å². The summed E-state index contributed by atoms with van der Waals surface area (Å²) in [6.45, 7) is 2.37. The van der Waals surface area contributed by atoms with E-state index < -0.39 is 11.8 Å². The highest BCUT2D eigenvalue weighted by Gasteiger charge is 2.28. The second kappa shape index (κ2) is 7.34. The third kappa shape index (κ3) is 3.55. The van der Waals surface area contributed by atoms with Crippen LogP contribution in [0.3, 0.4) is 0 Å². The van der Waals surface area contributed by atoms with Crippen molar-refractivity contribution in [3.63, 3.8) is 0 Å². The molecule has 0 saturated heterocycles. The summed E-state index contributed by atoms with van der Waals surface area (Å²) in [6, 6.07) is 3.50. The van der Waals surface area contributed by atoms with Crippen molar-refractivity contribution in [2.45, 2.75) is 32.7 Å². The lowest BCUT2D eigenvalue weighted by Gasteiger charge is -2.16. The van der Waals surface area contributed by atoms with Crippen LogP contribution in [0.25, 0.3) is 0 Å². The number of rotatable bonds is 5. The normalized spacial score (nSPS) is 15.9. The Morgan fingerprint density at radius 3 is 2.96 bits per heavy atom. The van der Waals surface area contributed by atoms with E-state index in [4.69, 9.17) is 8.94 Å². The van der Waals surface area contributed by atoms with Gasteiger partial charge in [-0.1, -0.05) is 12.1 Å². The highest BCUT2D eigenvalue weighted by molar-refractivity contribution is 6.08. The molecular formula is C19H21N5O4. The molecule has 9 nitrogen and oxygen atoms in total. The third-order valence-electron chi connectivity index (χ3n) is 4.80. The molecule has 1 aliphatic rings. The van der Waals surface area contributed by atoms with Crippen molar-refractivity contribution >= 4 is 17.5 Å². The van der Waals surface area contributed by atoms with E-state index in [1.807, 2.05) is 0 Å². The molecule has 1 unspecified atom stereocenters. The molecule has 0 bridgehead atoms. The number of hydrogen-bond acceptors (Lipinski definition) is 6. The Morgan fingerprint density at radius 1 is 1.32 bits per heavy atom. The van der Waals surface area contributed by atoms with Crippen molar-refractivity contribution in [1.29, 1.82) is 0 Å². The Hall–Kier alpha value is -3.36. The SMILES string of the molecule is CC1CCc2onc(C(=O)Nc3cn(C)nc3C(=O)NCc3ccco3)c2C1. The van der Waals surface area contributed by atoms with E-state index in [2.05, 4.69) is 27.8 Å². The number of anilines is 1. The van der Waals surface area contributed by atoms with Crippen LogP contribution in [0.5, 0.6) is 0 Å². The van der Waals surface area contributed by atoms with Gasteiger partial charge in [-0.25, -0.2) is 0 Å². The minimum Gasteiger partial charge on any atom is -0.467 e. The molecule has 0 aromatic carbocycles. The van der Waals surface area contributed by atoms with Crippen molar-refractivity contribution in [2.75, 3.05) is 5.32 Å².